The molecule has 100 valence electrons. The number of aromatic nitrogens is 2. The molecule has 19 heavy (non-hydrogen) atoms. The average molecular weight is 258 g/mol. The van der Waals surface area contributed by atoms with Crippen LogP contribution in [0.4, 0.5) is 5.82 Å². The molecule has 0 fully saturated rings. The number of nitrogens with two attached hydrogens (primary N) is 1. The third-order valence-electron chi connectivity index (χ3n) is 3.11. The van der Waals surface area contributed by atoms with E-state index in [2.05, 4.69) is 15.4 Å². The second-order valence-electron chi connectivity index (χ2n) is 4.49. The molecule has 0 radical (unpaired) electrons. The highest BCUT2D eigenvalue weighted by atomic mass is 16.5. The fourth-order valence-electron chi connectivity index (χ4n) is 1.78. The van der Waals surface area contributed by atoms with Crippen LogP contribution in [0.3, 0.4) is 0 Å². The SMILES string of the molecule is Cc1nc(NN)c(C)c(Oc2cccc(C)c2C)n1. The van der Waals surface area contributed by atoms with Crippen LogP contribution in [0.1, 0.15) is 22.5 Å². The molecule has 2 rings (SSSR count). The Bertz CT molecular complexity index is 611. The van der Waals surface area contributed by atoms with Gasteiger partial charge in [0.2, 0.25) is 5.88 Å². The first-order valence-corrected chi connectivity index (χ1v) is 6.09. The quantitative estimate of drug-likeness (QED) is 0.654. The molecule has 5 heteroatoms. The van der Waals surface area contributed by atoms with Crippen LogP contribution in [0.2, 0.25) is 0 Å². The summed E-state index contributed by atoms with van der Waals surface area (Å²) in [7, 11) is 0. The smallest absolute Gasteiger partial charge is 0.227 e. The lowest BCUT2D eigenvalue weighted by molar-refractivity contribution is 0.452. The summed E-state index contributed by atoms with van der Waals surface area (Å²) >= 11 is 0. The zero-order valence-corrected chi connectivity index (χ0v) is 11.6. The first kappa shape index (κ1) is 13.3. The Morgan fingerprint density at radius 3 is 2.47 bits per heavy atom. The van der Waals surface area contributed by atoms with Gasteiger partial charge in [-0.05, 0) is 44.9 Å². The number of rotatable bonds is 3. The van der Waals surface area contributed by atoms with E-state index in [1.165, 1.54) is 5.56 Å². The number of nitrogen functional groups attached to an aromatic ring is 1. The Morgan fingerprint density at radius 2 is 1.79 bits per heavy atom. The third kappa shape index (κ3) is 2.66. The van der Waals surface area contributed by atoms with Crippen LogP contribution in [0, 0.1) is 27.7 Å². The van der Waals surface area contributed by atoms with Gasteiger partial charge >= 0.3 is 0 Å². The fraction of sp³-hybridized carbons (Fsp3) is 0.286. The molecule has 2 aromatic rings. The molecule has 1 aromatic heterocycles. The van der Waals surface area contributed by atoms with Crippen LogP contribution in [-0.2, 0) is 0 Å². The fourth-order valence-corrected chi connectivity index (χ4v) is 1.78. The summed E-state index contributed by atoms with van der Waals surface area (Å²) < 4.78 is 5.90. The summed E-state index contributed by atoms with van der Waals surface area (Å²) in [6.07, 6.45) is 0. The van der Waals surface area contributed by atoms with Gasteiger partial charge in [-0.2, -0.15) is 4.98 Å². The summed E-state index contributed by atoms with van der Waals surface area (Å²) in [5, 5.41) is 0. The number of hydrogen-bond donors (Lipinski definition) is 2. The first-order valence-electron chi connectivity index (χ1n) is 6.09. The summed E-state index contributed by atoms with van der Waals surface area (Å²) in [6, 6.07) is 5.94. The van der Waals surface area contributed by atoms with Crippen LogP contribution >= 0.6 is 0 Å². The van der Waals surface area contributed by atoms with Gasteiger partial charge < -0.3 is 10.2 Å². The van der Waals surface area contributed by atoms with E-state index >= 15 is 0 Å². The predicted octanol–water partition coefficient (Wildman–Crippen LogP) is 2.79. The van der Waals surface area contributed by atoms with Gasteiger partial charge in [-0.1, -0.05) is 12.1 Å². The molecule has 0 aliphatic rings. The summed E-state index contributed by atoms with van der Waals surface area (Å²) in [5.74, 6) is 7.94. The van der Waals surface area contributed by atoms with Crippen molar-refractivity contribution in [1.82, 2.24) is 9.97 Å². The monoisotopic (exact) mass is 258 g/mol. The molecule has 3 N–H and O–H groups in total. The molecule has 0 unspecified atom stereocenters. The third-order valence-corrected chi connectivity index (χ3v) is 3.11. The van der Waals surface area contributed by atoms with Crippen molar-refractivity contribution in [2.24, 2.45) is 5.84 Å². The lowest BCUT2D eigenvalue weighted by atomic mass is 10.1. The van der Waals surface area contributed by atoms with Crippen LogP contribution in [0.5, 0.6) is 11.6 Å². The largest absolute Gasteiger partial charge is 0.438 e. The first-order chi connectivity index (χ1) is 9.02. The van der Waals surface area contributed by atoms with Gasteiger partial charge in [-0.15, -0.1) is 0 Å². The second kappa shape index (κ2) is 5.24. The molecule has 0 spiro atoms. The van der Waals surface area contributed by atoms with E-state index in [4.69, 9.17) is 10.6 Å². The molecule has 0 aliphatic heterocycles. The van der Waals surface area contributed by atoms with Gasteiger partial charge in [0, 0.05) is 0 Å². The molecule has 0 amide bonds. The van der Waals surface area contributed by atoms with Crippen molar-refractivity contribution in [2.75, 3.05) is 5.43 Å². The minimum absolute atomic E-state index is 0.522. The number of aryl methyl sites for hydroxylation is 2. The molecule has 0 aliphatic carbocycles. The van der Waals surface area contributed by atoms with Gasteiger partial charge in [-0.3, -0.25) is 0 Å². The van der Waals surface area contributed by atoms with Crippen molar-refractivity contribution in [3.8, 4) is 11.6 Å². The van der Waals surface area contributed by atoms with E-state index in [1.54, 1.807) is 6.92 Å². The normalized spacial score (nSPS) is 10.4. The lowest BCUT2D eigenvalue weighted by Gasteiger charge is -2.13. The Hall–Kier alpha value is -2.14. The van der Waals surface area contributed by atoms with Crippen LogP contribution in [-0.4, -0.2) is 9.97 Å². The van der Waals surface area contributed by atoms with E-state index in [9.17, 15) is 0 Å². The maximum Gasteiger partial charge on any atom is 0.227 e. The standard InChI is InChI=1S/C14H18N4O/c1-8-6-5-7-12(9(8)2)19-14-10(3)13(18-15)16-11(4)17-14/h5-7H,15H2,1-4H3,(H,16,17,18). The number of hydrazine groups is 1. The molecule has 0 atom stereocenters. The molecule has 0 bridgehead atoms. The molecule has 1 heterocycles. The number of hydrogen-bond acceptors (Lipinski definition) is 5. The van der Waals surface area contributed by atoms with Crippen molar-refractivity contribution in [3.05, 3.63) is 40.7 Å². The van der Waals surface area contributed by atoms with Gasteiger partial charge in [0.1, 0.15) is 17.4 Å². The van der Waals surface area contributed by atoms with Crippen LogP contribution < -0.4 is 16.0 Å². The molecule has 5 nitrogen and oxygen atoms in total. The predicted molar refractivity (Wildman–Crippen MR) is 75.3 cm³/mol. The molecule has 0 saturated carbocycles. The molecule has 1 aromatic carbocycles. The average Bonchev–Trinajstić information content (AvgIpc) is 2.38. The highest BCUT2D eigenvalue weighted by molar-refractivity contribution is 5.49. The summed E-state index contributed by atoms with van der Waals surface area (Å²) in [6.45, 7) is 7.74. The van der Waals surface area contributed by atoms with Crippen molar-refractivity contribution in [2.45, 2.75) is 27.7 Å². The minimum atomic E-state index is 0.522. The molecular formula is C14H18N4O. The summed E-state index contributed by atoms with van der Waals surface area (Å²) in [5.41, 5.74) is 5.62. The minimum Gasteiger partial charge on any atom is -0.438 e. The molecule has 0 saturated heterocycles. The molecular weight excluding hydrogens is 240 g/mol. The Labute approximate surface area is 112 Å². The van der Waals surface area contributed by atoms with E-state index in [-0.39, 0.29) is 0 Å². The van der Waals surface area contributed by atoms with Gasteiger partial charge in [0.25, 0.3) is 0 Å². The maximum absolute atomic E-state index is 5.90. The van der Waals surface area contributed by atoms with Crippen molar-refractivity contribution >= 4 is 5.82 Å². The van der Waals surface area contributed by atoms with E-state index in [0.717, 1.165) is 16.9 Å². The van der Waals surface area contributed by atoms with Crippen molar-refractivity contribution < 1.29 is 4.74 Å². The highest BCUT2D eigenvalue weighted by Gasteiger charge is 2.12. The van der Waals surface area contributed by atoms with Crippen LogP contribution in [0.15, 0.2) is 18.2 Å². The van der Waals surface area contributed by atoms with Gasteiger partial charge in [-0.25, -0.2) is 10.8 Å². The number of anilines is 1. The zero-order valence-electron chi connectivity index (χ0n) is 11.6. The second-order valence-corrected chi connectivity index (χ2v) is 4.49. The number of ether oxygens (including phenoxy) is 1. The zero-order chi connectivity index (χ0) is 14.0. The van der Waals surface area contributed by atoms with Crippen molar-refractivity contribution in [3.63, 3.8) is 0 Å². The lowest BCUT2D eigenvalue weighted by Crippen LogP contribution is -2.12. The van der Waals surface area contributed by atoms with Gasteiger partial charge in [0.15, 0.2) is 0 Å². The van der Waals surface area contributed by atoms with Crippen molar-refractivity contribution in [1.29, 1.82) is 0 Å². The Balaban J connectivity index is 2.43. The topological polar surface area (TPSA) is 73.1 Å². The van der Waals surface area contributed by atoms with E-state index in [1.807, 2.05) is 39.0 Å². The summed E-state index contributed by atoms with van der Waals surface area (Å²) in [4.78, 5) is 8.52. The number of nitrogens with zero attached hydrogens (tertiary/aromatic N) is 2. The van der Waals surface area contributed by atoms with E-state index < -0.39 is 0 Å². The van der Waals surface area contributed by atoms with E-state index in [0.29, 0.717) is 17.5 Å². The van der Waals surface area contributed by atoms with Gasteiger partial charge in [0.05, 0.1) is 5.56 Å². The maximum atomic E-state index is 5.90. The number of nitrogens with one attached hydrogen (secondary N) is 1. The van der Waals surface area contributed by atoms with Crippen LogP contribution in [0.25, 0.3) is 0 Å². The Kier molecular flexibility index (Phi) is 3.66. The Morgan fingerprint density at radius 1 is 1.05 bits per heavy atom. The number of benzene rings is 1. The highest BCUT2D eigenvalue weighted by Crippen LogP contribution is 2.29.